The summed E-state index contributed by atoms with van der Waals surface area (Å²) in [4.78, 5) is 15.5. The number of para-hydroxylation sites is 1. The fourth-order valence-electron chi connectivity index (χ4n) is 9.54. The van der Waals surface area contributed by atoms with Crippen molar-refractivity contribution in [3.8, 4) is 62.1 Å². The van der Waals surface area contributed by atoms with E-state index in [9.17, 15) is 0 Å². The Bertz CT molecular complexity index is 3690. The Morgan fingerprint density at radius 3 is 1.79 bits per heavy atom. The van der Waals surface area contributed by atoms with Gasteiger partial charge in [-0.15, -0.1) is 0 Å². The molecule has 58 heavy (non-hydrogen) atoms. The van der Waals surface area contributed by atoms with E-state index in [2.05, 4.69) is 144 Å². The highest BCUT2D eigenvalue weighted by Gasteiger charge is 2.26. The van der Waals surface area contributed by atoms with Crippen LogP contribution in [0.3, 0.4) is 0 Å². The summed E-state index contributed by atoms with van der Waals surface area (Å²) < 4.78 is 9.38. The minimum absolute atomic E-state index is 0.594. The predicted molar refractivity (Wildman–Crippen MR) is 237 cm³/mol. The van der Waals surface area contributed by atoms with Crippen molar-refractivity contribution in [1.29, 1.82) is 0 Å². The second-order valence-electron chi connectivity index (χ2n) is 15.1. The molecule has 0 N–H and O–H groups in total. The van der Waals surface area contributed by atoms with E-state index in [1.165, 1.54) is 43.8 Å². The number of fused-ring (bicyclic) bond motifs is 7. The van der Waals surface area contributed by atoms with Crippen LogP contribution < -0.4 is 0 Å². The van der Waals surface area contributed by atoms with Crippen molar-refractivity contribution in [3.63, 3.8) is 0 Å². The first-order valence-electron chi connectivity index (χ1n) is 19.6. The zero-order valence-corrected chi connectivity index (χ0v) is 31.0. The van der Waals surface area contributed by atoms with Gasteiger partial charge in [0.1, 0.15) is 5.58 Å². The third kappa shape index (κ3) is 4.33. The van der Waals surface area contributed by atoms with Crippen LogP contribution in [0.5, 0.6) is 0 Å². The molecule has 0 saturated carbocycles. The van der Waals surface area contributed by atoms with Crippen molar-refractivity contribution < 1.29 is 4.42 Å². The molecule has 1 aliphatic carbocycles. The molecule has 12 aromatic rings. The van der Waals surface area contributed by atoms with Gasteiger partial charge in [-0.2, -0.15) is 0 Å². The first kappa shape index (κ1) is 31.3. The van der Waals surface area contributed by atoms with Gasteiger partial charge in [0, 0.05) is 38.2 Å². The largest absolute Gasteiger partial charge is 0.454 e. The Labute approximate surface area is 332 Å². The maximum absolute atomic E-state index is 6.97. The lowest BCUT2D eigenvalue weighted by Crippen LogP contribution is -2.00. The van der Waals surface area contributed by atoms with Gasteiger partial charge in [-0.1, -0.05) is 158 Å². The molecule has 5 heteroatoms. The molecular weight excluding hydrogens is 709 g/mol. The number of hydrogen-bond donors (Lipinski definition) is 0. The summed E-state index contributed by atoms with van der Waals surface area (Å²) in [6, 6.07) is 64.2. The third-order valence-corrected chi connectivity index (χ3v) is 12.0. The van der Waals surface area contributed by atoms with Gasteiger partial charge in [0.05, 0.1) is 16.7 Å². The number of hydrogen-bond acceptors (Lipinski definition) is 4. The lowest BCUT2D eigenvalue weighted by atomic mass is 9.93. The van der Waals surface area contributed by atoms with Gasteiger partial charge in [0.25, 0.3) is 0 Å². The lowest BCUT2D eigenvalue weighted by Gasteiger charge is -2.13. The minimum Gasteiger partial charge on any atom is -0.454 e. The zero-order valence-electron chi connectivity index (χ0n) is 31.0. The van der Waals surface area contributed by atoms with Crippen LogP contribution in [0.15, 0.2) is 186 Å². The van der Waals surface area contributed by atoms with Gasteiger partial charge in [-0.05, 0) is 68.1 Å². The number of benzene rings is 9. The molecule has 0 fully saturated rings. The topological polar surface area (TPSA) is 56.7 Å². The van der Waals surface area contributed by atoms with E-state index in [-0.39, 0.29) is 0 Å². The Balaban J connectivity index is 1.09. The summed E-state index contributed by atoms with van der Waals surface area (Å²) in [6.07, 6.45) is 0. The summed E-state index contributed by atoms with van der Waals surface area (Å²) in [5.74, 6) is 1.84. The highest BCUT2D eigenvalue weighted by molar-refractivity contribution is 6.30. The number of nitrogens with zero attached hydrogens (tertiary/aromatic N) is 4. The number of aromatic nitrogens is 4. The molecule has 1 aliphatic rings. The highest BCUT2D eigenvalue weighted by Crippen LogP contribution is 2.50. The summed E-state index contributed by atoms with van der Waals surface area (Å²) >= 11 is 0. The molecule has 0 atom stereocenters. The van der Waals surface area contributed by atoms with Crippen molar-refractivity contribution in [2.75, 3.05) is 0 Å². The standard InChI is InChI=1S/C53H30N4O/c1-2-14-33(15-3-1)51-54-52(39-23-8-16-31-13-4-5-18-34(31)39)56-53(55-51)41-25-12-28-45-47(41)40-24-11-27-44(50(40)58-45)57-42-26-10-22-38-36-20-7-6-19-35(36)37-21-9-17-32-29-30-43(57)49(46(32)37)48(38)42/h1-30H. The van der Waals surface area contributed by atoms with Gasteiger partial charge in [-0.3, -0.25) is 0 Å². The van der Waals surface area contributed by atoms with Crippen LogP contribution >= 0.6 is 0 Å². The van der Waals surface area contributed by atoms with Crippen molar-refractivity contribution in [2.45, 2.75) is 0 Å². The normalized spacial score (nSPS) is 12.1. The monoisotopic (exact) mass is 738 g/mol. The maximum Gasteiger partial charge on any atom is 0.164 e. The van der Waals surface area contributed by atoms with Crippen LogP contribution in [0.2, 0.25) is 0 Å². The molecule has 0 aliphatic heterocycles. The van der Waals surface area contributed by atoms with E-state index >= 15 is 0 Å². The first-order valence-corrected chi connectivity index (χ1v) is 19.6. The van der Waals surface area contributed by atoms with Crippen LogP contribution in [0.25, 0.3) is 127 Å². The molecule has 3 heterocycles. The average Bonchev–Trinajstić information content (AvgIpc) is 3.81. The van der Waals surface area contributed by atoms with Gasteiger partial charge in [-0.25, -0.2) is 15.0 Å². The smallest absolute Gasteiger partial charge is 0.164 e. The third-order valence-electron chi connectivity index (χ3n) is 12.0. The second-order valence-corrected chi connectivity index (χ2v) is 15.1. The molecule has 0 amide bonds. The van der Waals surface area contributed by atoms with Crippen LogP contribution in [-0.4, -0.2) is 19.5 Å². The SMILES string of the molecule is c1ccc(-c2nc(-c3cccc4ccccc34)nc(-c3cccc4oc5c(-n6c7cccc8c7c7c9c(cccc9ccc76)-c6ccccc6-8)cccc5c34)n2)cc1. The quantitative estimate of drug-likeness (QED) is 0.180. The number of rotatable bonds is 4. The molecular formula is C53H30N4O. The van der Waals surface area contributed by atoms with E-state index in [0.717, 1.165) is 66.1 Å². The van der Waals surface area contributed by atoms with Gasteiger partial charge in [0.2, 0.25) is 0 Å². The fraction of sp³-hybridized carbons (Fsp3) is 0. The van der Waals surface area contributed by atoms with Crippen LogP contribution in [0.1, 0.15) is 0 Å². The zero-order chi connectivity index (χ0) is 37.9. The van der Waals surface area contributed by atoms with Crippen molar-refractivity contribution in [3.05, 3.63) is 182 Å². The molecule has 3 aromatic heterocycles. The van der Waals surface area contributed by atoms with E-state index < -0.39 is 0 Å². The van der Waals surface area contributed by atoms with E-state index in [4.69, 9.17) is 19.4 Å². The van der Waals surface area contributed by atoms with Crippen LogP contribution in [0, 0.1) is 0 Å². The molecule has 13 rings (SSSR count). The van der Waals surface area contributed by atoms with E-state index in [0.29, 0.717) is 17.5 Å². The minimum atomic E-state index is 0.594. The van der Waals surface area contributed by atoms with Gasteiger partial charge >= 0.3 is 0 Å². The molecule has 0 spiro atoms. The molecule has 9 aromatic carbocycles. The molecule has 0 unspecified atom stereocenters. The van der Waals surface area contributed by atoms with Crippen molar-refractivity contribution >= 4 is 65.3 Å². The first-order chi connectivity index (χ1) is 28.8. The second kappa shape index (κ2) is 11.8. The summed E-state index contributed by atoms with van der Waals surface area (Å²) in [5.41, 5.74) is 12.7. The molecule has 0 radical (unpaired) electrons. The molecule has 5 nitrogen and oxygen atoms in total. The lowest BCUT2D eigenvalue weighted by molar-refractivity contribution is 0.666. The van der Waals surface area contributed by atoms with E-state index in [1.807, 2.05) is 42.5 Å². The number of furan rings is 1. The Kier molecular flexibility index (Phi) is 6.38. The maximum atomic E-state index is 6.97. The van der Waals surface area contributed by atoms with Gasteiger partial charge < -0.3 is 8.98 Å². The molecule has 0 saturated heterocycles. The molecule has 0 bridgehead atoms. The highest BCUT2D eigenvalue weighted by atomic mass is 16.3. The van der Waals surface area contributed by atoms with Crippen LogP contribution in [0.4, 0.5) is 0 Å². The van der Waals surface area contributed by atoms with Crippen molar-refractivity contribution in [1.82, 2.24) is 19.5 Å². The average molecular weight is 739 g/mol. The Morgan fingerprint density at radius 1 is 0.345 bits per heavy atom. The summed E-state index contributed by atoms with van der Waals surface area (Å²) in [5, 5.41) is 9.24. The Hall–Kier alpha value is -7.89. The Morgan fingerprint density at radius 2 is 0.931 bits per heavy atom. The fourth-order valence-corrected chi connectivity index (χ4v) is 9.54. The summed E-state index contributed by atoms with van der Waals surface area (Å²) in [6.45, 7) is 0. The molecule has 268 valence electrons. The summed E-state index contributed by atoms with van der Waals surface area (Å²) in [7, 11) is 0. The van der Waals surface area contributed by atoms with Crippen molar-refractivity contribution in [2.24, 2.45) is 0 Å². The van der Waals surface area contributed by atoms with E-state index in [1.54, 1.807) is 0 Å². The predicted octanol–water partition coefficient (Wildman–Crippen LogP) is 13.8. The van der Waals surface area contributed by atoms with Crippen LogP contribution in [-0.2, 0) is 0 Å². The van der Waals surface area contributed by atoms with Gasteiger partial charge in [0.15, 0.2) is 23.1 Å².